The lowest BCUT2D eigenvalue weighted by atomic mass is 10.00. The molecular weight excluding hydrogens is 286 g/mol. The summed E-state index contributed by atoms with van der Waals surface area (Å²) in [5, 5.41) is 8.90. The number of sulfonamides is 1. The zero-order valence-corrected chi connectivity index (χ0v) is 13.0. The average Bonchev–Trinajstić information content (AvgIpc) is 2.47. The highest BCUT2D eigenvalue weighted by molar-refractivity contribution is 7.88. The van der Waals surface area contributed by atoms with Gasteiger partial charge in [0.25, 0.3) is 0 Å². The molecular formula is C15H21N3O2S. The van der Waals surface area contributed by atoms with Gasteiger partial charge >= 0.3 is 0 Å². The molecule has 1 fully saturated rings. The lowest BCUT2D eigenvalue weighted by Gasteiger charge is -2.36. The first-order chi connectivity index (χ1) is 9.94. The first kappa shape index (κ1) is 16.0. The molecule has 0 saturated carbocycles. The van der Waals surface area contributed by atoms with E-state index in [1.54, 1.807) is 28.6 Å². The number of hydrogen-bond acceptors (Lipinski definition) is 4. The number of nitrogens with two attached hydrogens (primary N) is 1. The lowest BCUT2D eigenvalue weighted by Crippen LogP contribution is -2.51. The number of nitrogens with zero attached hydrogens (tertiary/aromatic N) is 2. The molecule has 5 nitrogen and oxygen atoms in total. The minimum absolute atomic E-state index is 0.0776. The van der Waals surface area contributed by atoms with Gasteiger partial charge in [0.2, 0.25) is 10.0 Å². The third kappa shape index (κ3) is 3.82. The molecule has 1 aliphatic heterocycles. The van der Waals surface area contributed by atoms with Crippen molar-refractivity contribution in [1.82, 2.24) is 4.31 Å². The molecule has 0 spiro atoms. The van der Waals surface area contributed by atoms with Gasteiger partial charge in [0, 0.05) is 18.6 Å². The van der Waals surface area contributed by atoms with E-state index >= 15 is 0 Å². The van der Waals surface area contributed by atoms with Crippen LogP contribution in [0.5, 0.6) is 0 Å². The van der Waals surface area contributed by atoms with E-state index in [1.807, 2.05) is 13.0 Å². The number of piperidine rings is 1. The van der Waals surface area contributed by atoms with Crippen molar-refractivity contribution in [3.8, 4) is 6.07 Å². The van der Waals surface area contributed by atoms with Crippen LogP contribution in [0.2, 0.25) is 0 Å². The molecule has 114 valence electrons. The maximum atomic E-state index is 12.7. The van der Waals surface area contributed by atoms with Crippen LogP contribution in [0, 0.1) is 11.3 Å². The molecule has 1 aromatic rings. The number of nitriles is 1. The lowest BCUT2D eigenvalue weighted by molar-refractivity contribution is 0.227. The number of hydrogen-bond donors (Lipinski definition) is 1. The van der Waals surface area contributed by atoms with Crippen LogP contribution in [0.3, 0.4) is 0 Å². The molecule has 0 radical (unpaired) electrons. The van der Waals surface area contributed by atoms with Crippen molar-refractivity contribution in [2.24, 2.45) is 5.73 Å². The monoisotopic (exact) mass is 307 g/mol. The first-order valence-electron chi connectivity index (χ1n) is 7.18. The van der Waals surface area contributed by atoms with E-state index in [1.165, 1.54) is 0 Å². The average molecular weight is 307 g/mol. The summed E-state index contributed by atoms with van der Waals surface area (Å²) in [4.78, 5) is 0. The topological polar surface area (TPSA) is 87.2 Å². The second-order valence-corrected chi connectivity index (χ2v) is 7.52. The van der Waals surface area contributed by atoms with E-state index < -0.39 is 10.0 Å². The van der Waals surface area contributed by atoms with Crippen molar-refractivity contribution in [1.29, 1.82) is 5.26 Å². The van der Waals surface area contributed by atoms with Crippen LogP contribution < -0.4 is 5.73 Å². The molecule has 0 unspecified atom stereocenters. The van der Waals surface area contributed by atoms with Crippen LogP contribution >= 0.6 is 0 Å². The van der Waals surface area contributed by atoms with Crippen LogP contribution in [-0.4, -0.2) is 31.4 Å². The standard InChI is InChI=1S/C15H21N3O2S/c1-12(17)15-7-2-3-8-18(15)21(19,20)11-14-6-4-5-13(9-14)10-16/h4-6,9,12,15H,2-3,7-8,11,17H2,1H3/t12-,15+/m1/s1. The Labute approximate surface area is 126 Å². The molecule has 1 aliphatic rings. The summed E-state index contributed by atoms with van der Waals surface area (Å²) >= 11 is 0. The maximum absolute atomic E-state index is 12.7. The molecule has 2 N–H and O–H groups in total. The van der Waals surface area contributed by atoms with Crippen molar-refractivity contribution in [3.05, 3.63) is 35.4 Å². The summed E-state index contributed by atoms with van der Waals surface area (Å²) in [6.45, 7) is 2.39. The van der Waals surface area contributed by atoms with Crippen LogP contribution in [0.25, 0.3) is 0 Å². The van der Waals surface area contributed by atoms with Crippen LogP contribution in [-0.2, 0) is 15.8 Å². The van der Waals surface area contributed by atoms with Gasteiger partial charge in [-0.05, 0) is 37.5 Å². The summed E-state index contributed by atoms with van der Waals surface area (Å²) in [5.74, 6) is -0.0776. The van der Waals surface area contributed by atoms with Gasteiger partial charge < -0.3 is 5.73 Å². The predicted molar refractivity (Wildman–Crippen MR) is 81.8 cm³/mol. The fourth-order valence-electron chi connectivity index (χ4n) is 2.83. The summed E-state index contributed by atoms with van der Waals surface area (Å²) in [5.41, 5.74) is 7.06. The molecule has 21 heavy (non-hydrogen) atoms. The molecule has 0 amide bonds. The van der Waals surface area contributed by atoms with Gasteiger partial charge in [-0.15, -0.1) is 0 Å². The highest BCUT2D eigenvalue weighted by Crippen LogP contribution is 2.24. The number of rotatable bonds is 4. The fraction of sp³-hybridized carbons (Fsp3) is 0.533. The molecule has 2 rings (SSSR count). The van der Waals surface area contributed by atoms with Gasteiger partial charge in [0.05, 0.1) is 17.4 Å². The Balaban J connectivity index is 2.22. The Morgan fingerprint density at radius 1 is 1.48 bits per heavy atom. The van der Waals surface area contributed by atoms with Crippen LogP contribution in [0.15, 0.2) is 24.3 Å². The van der Waals surface area contributed by atoms with Crippen molar-refractivity contribution < 1.29 is 8.42 Å². The van der Waals surface area contributed by atoms with E-state index in [2.05, 4.69) is 0 Å². The Bertz CT molecular complexity index is 635. The van der Waals surface area contributed by atoms with Gasteiger partial charge in [-0.3, -0.25) is 0 Å². The Kier molecular flexibility index (Phi) is 4.99. The molecule has 2 atom stereocenters. The van der Waals surface area contributed by atoms with E-state index in [0.717, 1.165) is 19.3 Å². The summed E-state index contributed by atoms with van der Waals surface area (Å²) in [6, 6.07) is 8.48. The summed E-state index contributed by atoms with van der Waals surface area (Å²) < 4.78 is 26.9. The Hall–Kier alpha value is -1.42. The third-order valence-electron chi connectivity index (χ3n) is 3.87. The van der Waals surface area contributed by atoms with E-state index in [9.17, 15) is 8.42 Å². The highest BCUT2D eigenvalue weighted by atomic mass is 32.2. The van der Waals surface area contributed by atoms with E-state index in [0.29, 0.717) is 17.7 Å². The van der Waals surface area contributed by atoms with E-state index in [4.69, 9.17) is 11.0 Å². The molecule has 0 aromatic heterocycles. The van der Waals surface area contributed by atoms with Crippen molar-refractivity contribution in [2.75, 3.05) is 6.54 Å². The molecule has 6 heteroatoms. The smallest absolute Gasteiger partial charge is 0.218 e. The van der Waals surface area contributed by atoms with Crippen LogP contribution in [0.1, 0.15) is 37.3 Å². The fourth-order valence-corrected chi connectivity index (χ4v) is 4.71. The summed E-state index contributed by atoms with van der Waals surface area (Å²) in [6.07, 6.45) is 2.71. The normalized spacial score (nSPS) is 21.7. The van der Waals surface area contributed by atoms with Crippen LogP contribution in [0.4, 0.5) is 0 Å². The van der Waals surface area contributed by atoms with Crippen molar-refractivity contribution in [3.63, 3.8) is 0 Å². The Morgan fingerprint density at radius 2 is 2.24 bits per heavy atom. The van der Waals surface area contributed by atoms with Crippen molar-refractivity contribution >= 4 is 10.0 Å². The van der Waals surface area contributed by atoms with Crippen molar-refractivity contribution in [2.45, 2.75) is 44.0 Å². The van der Waals surface area contributed by atoms with Gasteiger partial charge in [-0.1, -0.05) is 18.6 Å². The minimum atomic E-state index is -3.41. The molecule has 1 aromatic carbocycles. The first-order valence-corrected chi connectivity index (χ1v) is 8.79. The van der Waals surface area contributed by atoms with Gasteiger partial charge in [0.1, 0.15) is 0 Å². The van der Waals surface area contributed by atoms with Gasteiger partial charge in [-0.2, -0.15) is 9.57 Å². The Morgan fingerprint density at radius 3 is 2.90 bits per heavy atom. The molecule has 0 bridgehead atoms. The molecule has 1 heterocycles. The van der Waals surface area contributed by atoms with E-state index in [-0.39, 0.29) is 17.8 Å². The summed E-state index contributed by atoms with van der Waals surface area (Å²) in [7, 11) is -3.41. The second kappa shape index (κ2) is 6.56. The minimum Gasteiger partial charge on any atom is -0.326 e. The zero-order chi connectivity index (χ0) is 15.5. The quantitative estimate of drug-likeness (QED) is 0.915. The molecule has 1 saturated heterocycles. The largest absolute Gasteiger partial charge is 0.326 e. The maximum Gasteiger partial charge on any atom is 0.218 e. The zero-order valence-electron chi connectivity index (χ0n) is 12.2. The second-order valence-electron chi connectivity index (χ2n) is 5.60. The van der Waals surface area contributed by atoms with Gasteiger partial charge in [-0.25, -0.2) is 8.42 Å². The van der Waals surface area contributed by atoms with Gasteiger partial charge in [0.15, 0.2) is 0 Å². The molecule has 0 aliphatic carbocycles. The SMILES string of the molecule is C[C@@H](N)[C@@H]1CCCCN1S(=O)(=O)Cc1cccc(C#N)c1. The number of benzene rings is 1. The highest BCUT2D eigenvalue weighted by Gasteiger charge is 2.34. The third-order valence-corrected chi connectivity index (χ3v) is 5.73. The predicted octanol–water partition coefficient (Wildman–Crippen LogP) is 1.59.